The van der Waals surface area contributed by atoms with Crippen LogP contribution in [0.1, 0.15) is 46.0 Å². The Balaban J connectivity index is 2.30. The summed E-state index contributed by atoms with van der Waals surface area (Å²) < 4.78 is 0. The molecule has 1 aliphatic heterocycles. The Morgan fingerprint density at radius 2 is 2.24 bits per heavy atom. The molecule has 1 heterocycles. The third-order valence-electron chi connectivity index (χ3n) is 3.29. The first-order valence-corrected chi connectivity index (χ1v) is 6.77. The molecule has 1 amide bonds. The number of nitrogens with one attached hydrogen (secondary N) is 1. The number of piperidine rings is 1. The molecule has 0 aromatic heterocycles. The highest BCUT2D eigenvalue weighted by Gasteiger charge is 2.22. The molecule has 0 spiro atoms. The van der Waals surface area contributed by atoms with Crippen molar-refractivity contribution in [1.82, 2.24) is 10.2 Å². The Labute approximate surface area is 104 Å². The van der Waals surface area contributed by atoms with Crippen molar-refractivity contribution >= 4 is 5.91 Å². The lowest BCUT2D eigenvalue weighted by atomic mass is 9.99. The fourth-order valence-electron chi connectivity index (χ4n) is 2.47. The van der Waals surface area contributed by atoms with Crippen LogP contribution in [0, 0.1) is 0 Å². The molecule has 0 aromatic rings. The molecule has 1 saturated heterocycles. The molecule has 0 aromatic carbocycles. The normalized spacial score (nSPS) is 21.8. The summed E-state index contributed by atoms with van der Waals surface area (Å²) >= 11 is 0. The molecule has 100 valence electrons. The summed E-state index contributed by atoms with van der Waals surface area (Å²) in [6, 6.07) is 0.692. The van der Waals surface area contributed by atoms with Gasteiger partial charge in [-0.1, -0.05) is 6.42 Å². The van der Waals surface area contributed by atoms with Crippen molar-refractivity contribution in [3.8, 4) is 0 Å². The van der Waals surface area contributed by atoms with Crippen LogP contribution in [0.25, 0.3) is 0 Å². The Bertz CT molecular complexity index is 229. The Morgan fingerprint density at radius 3 is 2.88 bits per heavy atom. The quantitative estimate of drug-likeness (QED) is 0.734. The maximum Gasteiger partial charge on any atom is 0.221 e. The average molecular weight is 242 g/mol. The molecule has 1 aliphatic rings. The van der Waals surface area contributed by atoms with E-state index in [1.807, 2.05) is 13.8 Å². The second-order valence-electron chi connectivity index (χ2n) is 5.17. The highest BCUT2D eigenvalue weighted by molar-refractivity contribution is 5.76. The van der Waals surface area contributed by atoms with E-state index in [1.165, 1.54) is 12.8 Å². The molecule has 0 saturated carbocycles. The van der Waals surface area contributed by atoms with Crippen molar-refractivity contribution in [2.75, 3.05) is 19.7 Å². The van der Waals surface area contributed by atoms with Crippen LogP contribution >= 0.6 is 0 Å². The second kappa shape index (κ2) is 7.67. The van der Waals surface area contributed by atoms with E-state index in [1.54, 1.807) is 0 Å². The van der Waals surface area contributed by atoms with Gasteiger partial charge in [0.25, 0.3) is 0 Å². The maximum absolute atomic E-state index is 11.6. The summed E-state index contributed by atoms with van der Waals surface area (Å²) in [5.74, 6) is 0.133. The molecule has 4 nitrogen and oxygen atoms in total. The van der Waals surface area contributed by atoms with Gasteiger partial charge in [-0.15, -0.1) is 0 Å². The molecule has 0 aliphatic carbocycles. The summed E-state index contributed by atoms with van der Waals surface area (Å²) in [7, 11) is 0. The lowest BCUT2D eigenvalue weighted by Gasteiger charge is -2.35. The molecular weight excluding hydrogens is 216 g/mol. The van der Waals surface area contributed by atoms with Crippen molar-refractivity contribution in [3.63, 3.8) is 0 Å². The van der Waals surface area contributed by atoms with Crippen molar-refractivity contribution < 1.29 is 9.90 Å². The second-order valence-corrected chi connectivity index (χ2v) is 5.17. The number of aliphatic hydroxyl groups excluding tert-OH is 1. The van der Waals surface area contributed by atoms with E-state index in [0.717, 1.165) is 25.9 Å². The Morgan fingerprint density at radius 1 is 1.47 bits per heavy atom. The van der Waals surface area contributed by atoms with E-state index in [9.17, 15) is 4.79 Å². The van der Waals surface area contributed by atoms with E-state index in [4.69, 9.17) is 5.11 Å². The number of aliphatic hydroxyl groups is 1. The van der Waals surface area contributed by atoms with Crippen LogP contribution in [0.3, 0.4) is 0 Å². The topological polar surface area (TPSA) is 52.6 Å². The first-order valence-electron chi connectivity index (χ1n) is 6.77. The minimum atomic E-state index is 0.133. The van der Waals surface area contributed by atoms with E-state index < -0.39 is 0 Å². The van der Waals surface area contributed by atoms with Crippen molar-refractivity contribution in [1.29, 1.82) is 0 Å². The molecule has 17 heavy (non-hydrogen) atoms. The number of likely N-dealkylation sites (tertiary alicyclic amines) is 1. The lowest BCUT2D eigenvalue weighted by molar-refractivity contribution is -0.122. The predicted octanol–water partition coefficient (Wildman–Crippen LogP) is 1.14. The van der Waals surface area contributed by atoms with Crippen LogP contribution < -0.4 is 5.32 Å². The van der Waals surface area contributed by atoms with E-state index in [2.05, 4.69) is 10.2 Å². The number of nitrogens with zero attached hydrogens (tertiary/aromatic N) is 1. The number of rotatable bonds is 6. The van der Waals surface area contributed by atoms with Gasteiger partial charge in [0.2, 0.25) is 5.91 Å². The van der Waals surface area contributed by atoms with Gasteiger partial charge in [-0.25, -0.2) is 0 Å². The fraction of sp³-hybridized carbons (Fsp3) is 0.923. The maximum atomic E-state index is 11.6. The summed E-state index contributed by atoms with van der Waals surface area (Å²) in [5.41, 5.74) is 0. The van der Waals surface area contributed by atoms with Gasteiger partial charge in [0.15, 0.2) is 0 Å². The van der Waals surface area contributed by atoms with Gasteiger partial charge in [-0.2, -0.15) is 0 Å². The first kappa shape index (κ1) is 14.5. The van der Waals surface area contributed by atoms with Crippen LogP contribution in [0.15, 0.2) is 0 Å². The van der Waals surface area contributed by atoms with Gasteiger partial charge >= 0.3 is 0 Å². The summed E-state index contributed by atoms with van der Waals surface area (Å²) in [4.78, 5) is 13.9. The van der Waals surface area contributed by atoms with Crippen molar-refractivity contribution in [2.45, 2.75) is 58.0 Å². The largest absolute Gasteiger partial charge is 0.396 e. The minimum Gasteiger partial charge on any atom is -0.396 e. The molecular formula is C13H26N2O2. The van der Waals surface area contributed by atoms with E-state index >= 15 is 0 Å². The SMILES string of the molecule is CC(C)NC(=O)CCN1CCCCC1CCO. The van der Waals surface area contributed by atoms with Crippen LogP contribution in [0.2, 0.25) is 0 Å². The van der Waals surface area contributed by atoms with Gasteiger partial charge in [-0.05, 0) is 39.7 Å². The number of carbonyl (C=O) groups is 1. The number of hydrogen-bond donors (Lipinski definition) is 2. The van der Waals surface area contributed by atoms with Crippen LogP contribution in [-0.2, 0) is 4.79 Å². The van der Waals surface area contributed by atoms with E-state index in [-0.39, 0.29) is 18.6 Å². The zero-order valence-corrected chi connectivity index (χ0v) is 11.1. The number of hydrogen-bond acceptors (Lipinski definition) is 3. The van der Waals surface area contributed by atoms with Gasteiger partial charge in [-0.3, -0.25) is 9.69 Å². The molecule has 1 atom stereocenters. The van der Waals surface area contributed by atoms with Gasteiger partial charge < -0.3 is 10.4 Å². The average Bonchev–Trinajstić information content (AvgIpc) is 2.27. The summed E-state index contributed by atoms with van der Waals surface area (Å²) in [6.45, 7) is 6.10. The molecule has 1 unspecified atom stereocenters. The fourth-order valence-corrected chi connectivity index (χ4v) is 2.47. The third-order valence-corrected chi connectivity index (χ3v) is 3.29. The van der Waals surface area contributed by atoms with Crippen molar-refractivity contribution in [2.24, 2.45) is 0 Å². The molecule has 1 fully saturated rings. The van der Waals surface area contributed by atoms with Gasteiger partial charge in [0, 0.05) is 31.7 Å². The Hall–Kier alpha value is -0.610. The Kier molecular flexibility index (Phi) is 6.52. The smallest absolute Gasteiger partial charge is 0.221 e. The zero-order valence-electron chi connectivity index (χ0n) is 11.1. The van der Waals surface area contributed by atoms with Gasteiger partial charge in [0.05, 0.1) is 0 Å². The highest BCUT2D eigenvalue weighted by Crippen LogP contribution is 2.19. The monoisotopic (exact) mass is 242 g/mol. The molecule has 0 radical (unpaired) electrons. The summed E-state index contributed by atoms with van der Waals surface area (Å²) in [6.07, 6.45) is 5.03. The van der Waals surface area contributed by atoms with Crippen LogP contribution in [0.5, 0.6) is 0 Å². The lowest BCUT2D eigenvalue weighted by Crippen LogP contribution is -2.42. The van der Waals surface area contributed by atoms with Crippen molar-refractivity contribution in [3.05, 3.63) is 0 Å². The molecule has 0 bridgehead atoms. The standard InChI is InChI=1S/C13H26N2O2/c1-11(2)14-13(17)6-9-15-8-4-3-5-12(15)7-10-16/h11-12,16H,3-10H2,1-2H3,(H,14,17). The summed E-state index contributed by atoms with van der Waals surface area (Å²) in [5, 5.41) is 11.9. The molecule has 1 rings (SSSR count). The van der Waals surface area contributed by atoms with Crippen LogP contribution in [0.4, 0.5) is 0 Å². The molecule has 2 N–H and O–H groups in total. The van der Waals surface area contributed by atoms with E-state index in [0.29, 0.717) is 12.5 Å². The number of carbonyl (C=O) groups excluding carboxylic acids is 1. The highest BCUT2D eigenvalue weighted by atomic mass is 16.3. The number of amides is 1. The van der Waals surface area contributed by atoms with Crippen LogP contribution in [-0.4, -0.2) is 47.7 Å². The molecule has 4 heteroatoms. The predicted molar refractivity (Wildman–Crippen MR) is 68.8 cm³/mol. The third kappa shape index (κ3) is 5.50. The first-order chi connectivity index (χ1) is 8.13. The van der Waals surface area contributed by atoms with Gasteiger partial charge in [0.1, 0.15) is 0 Å². The minimum absolute atomic E-state index is 0.133. The zero-order chi connectivity index (χ0) is 12.7.